The highest BCUT2D eigenvalue weighted by atomic mass is 16.5. The number of hydrogen-bond acceptors (Lipinski definition) is 3. The lowest BCUT2D eigenvalue weighted by atomic mass is 9.98. The Morgan fingerprint density at radius 2 is 2.00 bits per heavy atom. The van der Waals surface area contributed by atoms with Gasteiger partial charge in [0.05, 0.1) is 7.11 Å². The Hall–Kier alpha value is -1.26. The fraction of sp³-hybridized carbons (Fsp3) is 0.778. The first kappa shape index (κ1) is 10.8. The fourth-order valence-corrected chi connectivity index (χ4v) is 1.86. The first-order valence-electron chi connectivity index (χ1n) is 4.72. The van der Waals surface area contributed by atoms with Crippen molar-refractivity contribution < 1.29 is 19.4 Å². The smallest absolute Gasteiger partial charge is 0.407 e. The van der Waals surface area contributed by atoms with Crippen molar-refractivity contribution >= 4 is 12.1 Å². The molecular weight excluding hydrogens is 186 g/mol. The fourth-order valence-electron chi connectivity index (χ4n) is 1.86. The number of alkyl carbamates (subject to hydrolysis) is 1. The van der Waals surface area contributed by atoms with Gasteiger partial charge in [0.15, 0.2) is 0 Å². The molecule has 0 aromatic carbocycles. The van der Waals surface area contributed by atoms with Crippen molar-refractivity contribution in [3.05, 3.63) is 0 Å². The maximum absolute atomic E-state index is 10.9. The lowest BCUT2D eigenvalue weighted by Crippen LogP contribution is -2.45. The molecular formula is C9H15NO4. The maximum Gasteiger partial charge on any atom is 0.407 e. The van der Waals surface area contributed by atoms with Crippen LogP contribution in [0.2, 0.25) is 0 Å². The van der Waals surface area contributed by atoms with Crippen molar-refractivity contribution in [3.63, 3.8) is 0 Å². The SMILES string of the molecule is COC(=O)NC(C(=O)O)C1CCCC1. The highest BCUT2D eigenvalue weighted by Crippen LogP contribution is 2.27. The second-order valence-electron chi connectivity index (χ2n) is 3.50. The minimum Gasteiger partial charge on any atom is -0.480 e. The summed E-state index contributed by atoms with van der Waals surface area (Å²) in [5.74, 6) is -0.936. The van der Waals surface area contributed by atoms with Crippen LogP contribution in [0, 0.1) is 5.92 Å². The van der Waals surface area contributed by atoms with Gasteiger partial charge in [-0.1, -0.05) is 12.8 Å². The molecule has 0 aromatic heterocycles. The average molecular weight is 201 g/mol. The van der Waals surface area contributed by atoms with Crippen LogP contribution in [-0.4, -0.2) is 30.3 Å². The van der Waals surface area contributed by atoms with Crippen molar-refractivity contribution in [1.29, 1.82) is 0 Å². The molecule has 1 aliphatic carbocycles. The molecule has 1 unspecified atom stereocenters. The lowest BCUT2D eigenvalue weighted by molar-refractivity contribution is -0.140. The van der Waals surface area contributed by atoms with Crippen molar-refractivity contribution in [2.24, 2.45) is 5.92 Å². The van der Waals surface area contributed by atoms with Crippen molar-refractivity contribution in [1.82, 2.24) is 5.32 Å². The van der Waals surface area contributed by atoms with Gasteiger partial charge < -0.3 is 15.2 Å². The molecule has 1 fully saturated rings. The van der Waals surface area contributed by atoms with Gasteiger partial charge in [-0.15, -0.1) is 0 Å². The zero-order valence-electron chi connectivity index (χ0n) is 8.16. The number of carboxylic acids is 1. The first-order chi connectivity index (χ1) is 6.65. The van der Waals surface area contributed by atoms with E-state index in [1.807, 2.05) is 0 Å². The van der Waals surface area contributed by atoms with Crippen LogP contribution in [0.15, 0.2) is 0 Å². The average Bonchev–Trinajstić information content (AvgIpc) is 2.65. The number of amides is 1. The van der Waals surface area contributed by atoms with E-state index in [1.165, 1.54) is 7.11 Å². The molecule has 1 amide bonds. The van der Waals surface area contributed by atoms with Gasteiger partial charge in [-0.2, -0.15) is 0 Å². The largest absolute Gasteiger partial charge is 0.480 e. The molecule has 1 atom stereocenters. The van der Waals surface area contributed by atoms with E-state index in [4.69, 9.17) is 5.11 Å². The molecule has 0 aromatic rings. The minimum absolute atomic E-state index is 0.0478. The Labute approximate surface area is 82.4 Å². The second kappa shape index (κ2) is 4.83. The van der Waals surface area contributed by atoms with E-state index in [2.05, 4.69) is 10.1 Å². The summed E-state index contributed by atoms with van der Waals surface area (Å²) in [6, 6.07) is -0.801. The van der Waals surface area contributed by atoms with E-state index in [0.717, 1.165) is 25.7 Å². The van der Waals surface area contributed by atoms with Gasteiger partial charge in [-0.05, 0) is 18.8 Å². The van der Waals surface area contributed by atoms with Crippen LogP contribution in [-0.2, 0) is 9.53 Å². The Morgan fingerprint density at radius 1 is 1.43 bits per heavy atom. The first-order valence-corrected chi connectivity index (χ1v) is 4.72. The Morgan fingerprint density at radius 3 is 2.43 bits per heavy atom. The van der Waals surface area contributed by atoms with Crippen LogP contribution in [0.5, 0.6) is 0 Å². The predicted octanol–water partition coefficient (Wildman–Crippen LogP) is 0.986. The summed E-state index contributed by atoms with van der Waals surface area (Å²) in [4.78, 5) is 21.8. The van der Waals surface area contributed by atoms with Crippen LogP contribution in [0.4, 0.5) is 4.79 Å². The lowest BCUT2D eigenvalue weighted by Gasteiger charge is -2.19. The van der Waals surface area contributed by atoms with E-state index in [1.54, 1.807) is 0 Å². The van der Waals surface area contributed by atoms with Gasteiger partial charge in [0.2, 0.25) is 0 Å². The number of carbonyl (C=O) groups excluding carboxylic acids is 1. The van der Waals surface area contributed by atoms with Gasteiger partial charge in [-0.3, -0.25) is 0 Å². The number of carbonyl (C=O) groups is 2. The van der Waals surface area contributed by atoms with Crippen molar-refractivity contribution in [2.45, 2.75) is 31.7 Å². The number of hydrogen-bond donors (Lipinski definition) is 2. The van der Waals surface area contributed by atoms with Crippen LogP contribution < -0.4 is 5.32 Å². The molecule has 80 valence electrons. The van der Waals surface area contributed by atoms with Crippen LogP contribution >= 0.6 is 0 Å². The molecule has 0 bridgehead atoms. The molecule has 5 nitrogen and oxygen atoms in total. The standard InChI is InChI=1S/C9H15NO4/c1-14-9(13)10-7(8(11)12)6-4-2-3-5-6/h6-7H,2-5H2,1H3,(H,10,13)(H,11,12). The highest BCUT2D eigenvalue weighted by molar-refractivity contribution is 5.80. The molecule has 0 saturated heterocycles. The third-order valence-corrected chi connectivity index (χ3v) is 2.60. The number of ether oxygens (including phenoxy) is 1. The Balaban J connectivity index is 2.54. The molecule has 1 rings (SSSR count). The van der Waals surface area contributed by atoms with Crippen molar-refractivity contribution in [3.8, 4) is 0 Å². The van der Waals surface area contributed by atoms with Crippen LogP contribution in [0.25, 0.3) is 0 Å². The molecule has 5 heteroatoms. The van der Waals surface area contributed by atoms with E-state index < -0.39 is 18.1 Å². The summed E-state index contributed by atoms with van der Waals surface area (Å²) in [6.07, 6.45) is 3.13. The zero-order valence-corrected chi connectivity index (χ0v) is 8.16. The monoisotopic (exact) mass is 201 g/mol. The summed E-state index contributed by atoms with van der Waals surface area (Å²) in [5, 5.41) is 11.3. The predicted molar refractivity (Wildman–Crippen MR) is 48.9 cm³/mol. The second-order valence-corrected chi connectivity index (χ2v) is 3.50. The van der Waals surface area contributed by atoms with Gasteiger partial charge in [0.25, 0.3) is 0 Å². The van der Waals surface area contributed by atoms with Gasteiger partial charge in [0, 0.05) is 0 Å². The number of nitrogens with one attached hydrogen (secondary N) is 1. The minimum atomic E-state index is -0.984. The molecule has 1 saturated carbocycles. The summed E-state index contributed by atoms with van der Waals surface area (Å²) in [7, 11) is 1.23. The Bertz CT molecular complexity index is 223. The van der Waals surface area contributed by atoms with E-state index in [9.17, 15) is 9.59 Å². The number of aliphatic carboxylic acids is 1. The third kappa shape index (κ3) is 2.61. The Kier molecular flexibility index (Phi) is 3.73. The molecule has 2 N–H and O–H groups in total. The number of carboxylic acid groups (broad SMARTS) is 1. The molecule has 1 aliphatic rings. The number of rotatable bonds is 3. The van der Waals surface area contributed by atoms with E-state index in [-0.39, 0.29) is 5.92 Å². The van der Waals surface area contributed by atoms with Crippen LogP contribution in [0.3, 0.4) is 0 Å². The van der Waals surface area contributed by atoms with E-state index >= 15 is 0 Å². The van der Waals surface area contributed by atoms with Gasteiger partial charge in [-0.25, -0.2) is 9.59 Å². The van der Waals surface area contributed by atoms with E-state index in [0.29, 0.717) is 0 Å². The molecule has 0 aliphatic heterocycles. The third-order valence-electron chi connectivity index (χ3n) is 2.60. The molecule has 14 heavy (non-hydrogen) atoms. The van der Waals surface area contributed by atoms with Gasteiger partial charge in [0.1, 0.15) is 6.04 Å². The zero-order chi connectivity index (χ0) is 10.6. The molecule has 0 heterocycles. The summed E-state index contributed by atoms with van der Waals surface area (Å²) < 4.78 is 4.38. The normalized spacial score (nSPS) is 18.9. The maximum atomic E-state index is 10.9. The molecule has 0 spiro atoms. The van der Waals surface area contributed by atoms with Gasteiger partial charge >= 0.3 is 12.1 Å². The summed E-state index contributed by atoms with van der Waals surface area (Å²) >= 11 is 0. The highest BCUT2D eigenvalue weighted by Gasteiger charge is 2.31. The summed E-state index contributed by atoms with van der Waals surface area (Å²) in [6.45, 7) is 0. The molecule has 0 radical (unpaired) electrons. The number of methoxy groups -OCH3 is 1. The topological polar surface area (TPSA) is 75.6 Å². The van der Waals surface area contributed by atoms with Crippen LogP contribution in [0.1, 0.15) is 25.7 Å². The van der Waals surface area contributed by atoms with Crippen molar-refractivity contribution in [2.75, 3.05) is 7.11 Å². The summed E-state index contributed by atoms with van der Waals surface area (Å²) in [5.41, 5.74) is 0. The quantitative estimate of drug-likeness (QED) is 0.713.